The topological polar surface area (TPSA) is 26.3 Å². The van der Waals surface area contributed by atoms with Crippen LogP contribution in [0.15, 0.2) is 11.6 Å². The lowest BCUT2D eigenvalue weighted by Crippen LogP contribution is -2.03. The van der Waals surface area contributed by atoms with Crippen LogP contribution in [0, 0.1) is 0 Å². The molecule has 3 heteroatoms. The molecule has 0 aromatic rings. The normalized spacial score (nSPS) is 16.3. The van der Waals surface area contributed by atoms with Gasteiger partial charge in [-0.2, -0.15) is 0 Å². The molecule has 0 aliphatic heterocycles. The van der Waals surface area contributed by atoms with Gasteiger partial charge in [0.05, 0.1) is 6.42 Å². The van der Waals surface area contributed by atoms with Gasteiger partial charge in [-0.3, -0.25) is 4.79 Å². The van der Waals surface area contributed by atoms with Crippen molar-refractivity contribution in [1.82, 2.24) is 0 Å². The average Bonchev–Trinajstić information content (AvgIpc) is 2.40. The molecule has 2 nitrogen and oxygen atoms in total. The number of alkyl halides is 1. The van der Waals surface area contributed by atoms with Gasteiger partial charge in [0.15, 0.2) is 6.07 Å². The SMILES string of the molecule is O=C(CC1=CCCC1)OCCl. The summed E-state index contributed by atoms with van der Waals surface area (Å²) in [4.78, 5) is 10.9. The van der Waals surface area contributed by atoms with Crippen LogP contribution in [0.4, 0.5) is 0 Å². The van der Waals surface area contributed by atoms with Gasteiger partial charge in [-0.25, -0.2) is 0 Å². The maximum atomic E-state index is 10.9. The van der Waals surface area contributed by atoms with E-state index in [4.69, 9.17) is 11.6 Å². The summed E-state index contributed by atoms with van der Waals surface area (Å²) >= 11 is 5.22. The number of esters is 1. The summed E-state index contributed by atoms with van der Waals surface area (Å²) in [6, 6.07) is -0.0356. The number of halogens is 1. The van der Waals surface area contributed by atoms with Crippen molar-refractivity contribution < 1.29 is 9.53 Å². The molecule has 0 unspecified atom stereocenters. The monoisotopic (exact) mass is 174 g/mol. The highest BCUT2D eigenvalue weighted by Crippen LogP contribution is 2.20. The lowest BCUT2D eigenvalue weighted by molar-refractivity contribution is -0.140. The number of hydrogen-bond donors (Lipinski definition) is 0. The van der Waals surface area contributed by atoms with E-state index in [1.165, 1.54) is 12.0 Å². The molecule has 1 rings (SSSR count). The Morgan fingerprint density at radius 3 is 3.09 bits per heavy atom. The van der Waals surface area contributed by atoms with Crippen molar-refractivity contribution in [2.24, 2.45) is 0 Å². The van der Waals surface area contributed by atoms with Crippen LogP contribution in [-0.2, 0) is 9.53 Å². The molecular formula is C8H11ClO2. The second-order valence-corrected chi connectivity index (χ2v) is 2.78. The van der Waals surface area contributed by atoms with Crippen LogP contribution in [0.2, 0.25) is 0 Å². The van der Waals surface area contributed by atoms with E-state index in [2.05, 4.69) is 10.8 Å². The van der Waals surface area contributed by atoms with Crippen LogP contribution in [-0.4, -0.2) is 12.0 Å². The Bertz CT molecular complexity index is 175. The first kappa shape index (κ1) is 8.60. The molecule has 0 aromatic heterocycles. The average molecular weight is 175 g/mol. The van der Waals surface area contributed by atoms with Crippen molar-refractivity contribution in [2.75, 3.05) is 6.07 Å². The molecule has 1 aliphatic carbocycles. The summed E-state index contributed by atoms with van der Waals surface area (Å²) in [6.45, 7) is 0. The molecule has 1 aliphatic rings. The summed E-state index contributed by atoms with van der Waals surface area (Å²) in [6.07, 6.45) is 5.84. The summed E-state index contributed by atoms with van der Waals surface area (Å²) in [5.74, 6) is -0.215. The van der Waals surface area contributed by atoms with Gasteiger partial charge < -0.3 is 4.74 Å². The molecule has 0 saturated heterocycles. The van der Waals surface area contributed by atoms with E-state index < -0.39 is 0 Å². The molecule has 0 heterocycles. The number of hydrogen-bond acceptors (Lipinski definition) is 2. The second-order valence-electron chi connectivity index (χ2n) is 2.56. The third-order valence-electron chi connectivity index (χ3n) is 1.72. The Balaban J connectivity index is 2.24. The predicted molar refractivity (Wildman–Crippen MR) is 43.4 cm³/mol. The molecule has 0 fully saturated rings. The van der Waals surface area contributed by atoms with Crippen LogP contribution in [0.3, 0.4) is 0 Å². The molecule has 0 saturated carbocycles. The Labute approximate surface area is 71.2 Å². The molecule has 0 radical (unpaired) electrons. The minimum Gasteiger partial charge on any atom is -0.449 e. The standard InChI is InChI=1S/C8H11ClO2/c9-6-11-8(10)5-7-3-1-2-4-7/h3H,1-2,4-6H2. The van der Waals surface area contributed by atoms with Crippen LogP contribution < -0.4 is 0 Å². The fourth-order valence-electron chi connectivity index (χ4n) is 1.20. The minimum absolute atomic E-state index is 0.0356. The van der Waals surface area contributed by atoms with Gasteiger partial charge in [0.25, 0.3) is 0 Å². The first-order chi connectivity index (χ1) is 5.33. The molecule has 0 atom stereocenters. The molecule has 0 amide bonds. The number of allylic oxidation sites excluding steroid dienone is 1. The lowest BCUT2D eigenvalue weighted by Gasteiger charge is -2.00. The maximum absolute atomic E-state index is 10.9. The first-order valence-electron chi connectivity index (χ1n) is 3.72. The van der Waals surface area contributed by atoms with Crippen LogP contribution >= 0.6 is 11.6 Å². The van der Waals surface area contributed by atoms with Gasteiger partial charge in [0.1, 0.15) is 0 Å². The summed E-state index contributed by atoms with van der Waals surface area (Å²) in [5, 5.41) is 0. The first-order valence-corrected chi connectivity index (χ1v) is 4.26. The Kier molecular flexibility index (Phi) is 3.43. The van der Waals surface area contributed by atoms with Crippen molar-refractivity contribution in [3.63, 3.8) is 0 Å². The van der Waals surface area contributed by atoms with E-state index in [1.54, 1.807) is 0 Å². The minimum atomic E-state index is -0.215. The summed E-state index contributed by atoms with van der Waals surface area (Å²) in [7, 11) is 0. The molecule has 62 valence electrons. The van der Waals surface area contributed by atoms with Gasteiger partial charge >= 0.3 is 5.97 Å². The third kappa shape index (κ3) is 2.93. The maximum Gasteiger partial charge on any atom is 0.311 e. The Morgan fingerprint density at radius 2 is 2.55 bits per heavy atom. The van der Waals surface area contributed by atoms with Crippen molar-refractivity contribution in [3.8, 4) is 0 Å². The number of ether oxygens (including phenoxy) is 1. The highest BCUT2D eigenvalue weighted by Gasteiger charge is 2.09. The van der Waals surface area contributed by atoms with Gasteiger partial charge in [-0.15, -0.1) is 0 Å². The van der Waals surface area contributed by atoms with E-state index in [1.807, 2.05) is 0 Å². The van der Waals surface area contributed by atoms with E-state index in [0.717, 1.165) is 12.8 Å². The highest BCUT2D eigenvalue weighted by atomic mass is 35.5. The zero-order chi connectivity index (χ0) is 8.10. The molecule has 0 N–H and O–H groups in total. The Morgan fingerprint density at radius 1 is 1.73 bits per heavy atom. The second kappa shape index (κ2) is 4.39. The Hall–Kier alpha value is -0.500. The fourth-order valence-corrected chi connectivity index (χ4v) is 1.32. The van der Waals surface area contributed by atoms with Crippen molar-refractivity contribution in [1.29, 1.82) is 0 Å². The predicted octanol–water partition coefficient (Wildman–Crippen LogP) is 2.23. The molecule has 0 spiro atoms. The largest absolute Gasteiger partial charge is 0.449 e. The van der Waals surface area contributed by atoms with Gasteiger partial charge in [0.2, 0.25) is 0 Å². The van der Waals surface area contributed by atoms with Crippen LogP contribution in [0.25, 0.3) is 0 Å². The quantitative estimate of drug-likeness (QED) is 0.373. The van der Waals surface area contributed by atoms with Crippen LogP contribution in [0.5, 0.6) is 0 Å². The summed E-state index contributed by atoms with van der Waals surface area (Å²) < 4.78 is 4.59. The van der Waals surface area contributed by atoms with Gasteiger partial charge in [-0.1, -0.05) is 23.3 Å². The molecular weight excluding hydrogens is 164 g/mol. The van der Waals surface area contributed by atoms with Crippen LogP contribution in [0.1, 0.15) is 25.7 Å². The molecule has 0 aromatic carbocycles. The summed E-state index contributed by atoms with van der Waals surface area (Å²) in [5.41, 5.74) is 1.19. The number of carbonyl (C=O) groups excluding carboxylic acids is 1. The van der Waals surface area contributed by atoms with E-state index in [-0.39, 0.29) is 12.0 Å². The van der Waals surface area contributed by atoms with Crippen molar-refractivity contribution in [3.05, 3.63) is 11.6 Å². The zero-order valence-electron chi connectivity index (χ0n) is 6.31. The van der Waals surface area contributed by atoms with Crippen molar-refractivity contribution >= 4 is 17.6 Å². The zero-order valence-corrected chi connectivity index (χ0v) is 7.06. The van der Waals surface area contributed by atoms with Crippen molar-refractivity contribution in [2.45, 2.75) is 25.7 Å². The number of rotatable bonds is 3. The smallest absolute Gasteiger partial charge is 0.311 e. The highest BCUT2D eigenvalue weighted by molar-refractivity contribution is 6.17. The van der Waals surface area contributed by atoms with E-state index in [9.17, 15) is 4.79 Å². The van der Waals surface area contributed by atoms with E-state index >= 15 is 0 Å². The van der Waals surface area contributed by atoms with E-state index in [0.29, 0.717) is 6.42 Å². The fraction of sp³-hybridized carbons (Fsp3) is 0.625. The lowest BCUT2D eigenvalue weighted by atomic mass is 10.2. The van der Waals surface area contributed by atoms with Gasteiger partial charge in [-0.05, 0) is 19.3 Å². The third-order valence-corrected chi connectivity index (χ3v) is 1.83. The molecule has 11 heavy (non-hydrogen) atoms. The van der Waals surface area contributed by atoms with Gasteiger partial charge in [0, 0.05) is 0 Å². The molecule has 0 bridgehead atoms. The number of carbonyl (C=O) groups is 1.